The SMILES string of the molecule is CC(C)(C)OC(=O)N1c2cc(F)cc3c(=O)[nH]nc(c23)C(N2C(=O)C3C4C=CC(C4)C3C2=O)C1c1ccc(F)cc1. The lowest BCUT2D eigenvalue weighted by Gasteiger charge is -2.44. The van der Waals surface area contributed by atoms with Crippen LogP contribution in [0.1, 0.15) is 50.5 Å². The van der Waals surface area contributed by atoms with Gasteiger partial charge in [-0.15, -0.1) is 0 Å². The molecule has 9 nitrogen and oxygen atoms in total. The summed E-state index contributed by atoms with van der Waals surface area (Å²) < 4.78 is 34.9. The number of fused-ring (bicyclic) bond motifs is 5. The van der Waals surface area contributed by atoms with Gasteiger partial charge in [-0.05, 0) is 68.9 Å². The van der Waals surface area contributed by atoms with Crippen LogP contribution >= 0.6 is 0 Å². The number of hydrogen-bond acceptors (Lipinski definition) is 6. The molecular formula is C30H26F2N4O5. The molecule has 2 aromatic carbocycles. The Morgan fingerprint density at radius 2 is 1.59 bits per heavy atom. The minimum atomic E-state index is -1.21. The molecule has 3 aromatic rings. The Hall–Kier alpha value is -4.41. The van der Waals surface area contributed by atoms with Gasteiger partial charge in [-0.2, -0.15) is 5.10 Å². The molecule has 6 atom stereocenters. The van der Waals surface area contributed by atoms with Crippen LogP contribution in [0, 0.1) is 35.3 Å². The van der Waals surface area contributed by atoms with Crippen LogP contribution in [0.15, 0.2) is 53.3 Å². The molecule has 3 heterocycles. The predicted octanol–water partition coefficient (Wildman–Crippen LogP) is 4.55. The number of rotatable bonds is 2. The van der Waals surface area contributed by atoms with Crippen LogP contribution in [0.2, 0.25) is 0 Å². The largest absolute Gasteiger partial charge is 0.443 e. The first kappa shape index (κ1) is 25.6. The molecule has 0 spiro atoms. The molecule has 1 saturated carbocycles. The second-order valence-corrected chi connectivity index (χ2v) is 12.1. The van der Waals surface area contributed by atoms with Gasteiger partial charge in [0.15, 0.2) is 0 Å². The number of nitrogens with one attached hydrogen (secondary N) is 1. The lowest BCUT2D eigenvalue weighted by atomic mass is 9.85. The van der Waals surface area contributed by atoms with E-state index in [1.165, 1.54) is 24.3 Å². The van der Waals surface area contributed by atoms with Crippen LogP contribution in [0.5, 0.6) is 0 Å². The van der Waals surface area contributed by atoms with Crippen molar-refractivity contribution in [2.45, 2.75) is 44.9 Å². The number of ether oxygens (including phenoxy) is 1. The Labute approximate surface area is 232 Å². The Morgan fingerprint density at radius 1 is 0.951 bits per heavy atom. The van der Waals surface area contributed by atoms with Gasteiger partial charge in [0.2, 0.25) is 11.8 Å². The number of anilines is 1. The van der Waals surface area contributed by atoms with Crippen molar-refractivity contribution in [2.75, 3.05) is 4.90 Å². The van der Waals surface area contributed by atoms with Crippen molar-refractivity contribution >= 4 is 34.4 Å². The van der Waals surface area contributed by atoms with E-state index in [0.717, 1.165) is 28.4 Å². The lowest BCUT2D eigenvalue weighted by molar-refractivity contribution is -0.144. The van der Waals surface area contributed by atoms with Gasteiger partial charge in [0.05, 0.1) is 34.6 Å². The van der Waals surface area contributed by atoms with Gasteiger partial charge < -0.3 is 4.74 Å². The molecule has 210 valence electrons. The predicted molar refractivity (Wildman–Crippen MR) is 142 cm³/mol. The summed E-state index contributed by atoms with van der Waals surface area (Å²) in [7, 11) is 0. The Bertz CT molecular complexity index is 1710. The molecule has 6 unspecified atom stereocenters. The van der Waals surface area contributed by atoms with Crippen molar-refractivity contribution in [1.82, 2.24) is 15.1 Å². The smallest absolute Gasteiger partial charge is 0.415 e. The van der Waals surface area contributed by atoms with Crippen molar-refractivity contribution in [1.29, 1.82) is 0 Å². The van der Waals surface area contributed by atoms with Gasteiger partial charge >= 0.3 is 6.09 Å². The fourth-order valence-electron chi connectivity index (χ4n) is 7.09. The monoisotopic (exact) mass is 560 g/mol. The first-order valence-electron chi connectivity index (χ1n) is 13.5. The van der Waals surface area contributed by atoms with Crippen LogP contribution < -0.4 is 10.5 Å². The summed E-state index contributed by atoms with van der Waals surface area (Å²) in [4.78, 5) is 57.3. The number of halogens is 2. The highest BCUT2D eigenvalue weighted by Crippen LogP contribution is 2.57. The first-order chi connectivity index (χ1) is 19.4. The van der Waals surface area contributed by atoms with E-state index in [0.29, 0.717) is 5.56 Å². The van der Waals surface area contributed by atoms with E-state index in [4.69, 9.17) is 4.74 Å². The van der Waals surface area contributed by atoms with Crippen molar-refractivity contribution < 1.29 is 27.9 Å². The van der Waals surface area contributed by atoms with Gasteiger partial charge in [0.25, 0.3) is 5.56 Å². The quantitative estimate of drug-likeness (QED) is 0.364. The Kier molecular flexibility index (Phi) is 5.33. The molecule has 1 saturated heterocycles. The van der Waals surface area contributed by atoms with Crippen LogP contribution in [0.25, 0.3) is 10.8 Å². The highest BCUT2D eigenvalue weighted by atomic mass is 19.1. The minimum Gasteiger partial charge on any atom is -0.443 e. The van der Waals surface area contributed by atoms with E-state index in [9.17, 15) is 23.6 Å². The van der Waals surface area contributed by atoms with Crippen LogP contribution in [-0.2, 0) is 14.3 Å². The maximum absolute atomic E-state index is 15.0. The minimum absolute atomic E-state index is 0.00514. The fourth-order valence-corrected chi connectivity index (χ4v) is 7.09. The highest BCUT2D eigenvalue weighted by molar-refractivity contribution is 6.09. The molecule has 11 heteroatoms. The van der Waals surface area contributed by atoms with E-state index in [1.54, 1.807) is 20.8 Å². The molecule has 4 aliphatic rings. The second-order valence-electron chi connectivity index (χ2n) is 12.1. The average Bonchev–Trinajstić information content (AvgIpc) is 3.59. The van der Waals surface area contributed by atoms with Crippen molar-refractivity contribution in [3.8, 4) is 0 Å². The second kappa shape index (κ2) is 8.55. The van der Waals surface area contributed by atoms with E-state index >= 15 is 4.39 Å². The zero-order valence-corrected chi connectivity index (χ0v) is 22.4. The van der Waals surface area contributed by atoms with Crippen molar-refractivity contribution in [2.24, 2.45) is 23.7 Å². The summed E-state index contributed by atoms with van der Waals surface area (Å²) in [5.74, 6) is -3.37. The molecule has 7 rings (SSSR count). The Balaban J connectivity index is 1.52. The maximum Gasteiger partial charge on any atom is 0.415 e. The third-order valence-corrected chi connectivity index (χ3v) is 8.56. The summed E-state index contributed by atoms with van der Waals surface area (Å²) in [5, 5.41) is 6.71. The number of benzene rings is 2. The molecule has 2 bridgehead atoms. The number of carbonyl (C=O) groups excluding carboxylic acids is 3. The van der Waals surface area contributed by atoms with Crippen LogP contribution in [0.3, 0.4) is 0 Å². The van der Waals surface area contributed by atoms with E-state index < -0.39 is 64.6 Å². The number of likely N-dealkylation sites (tertiary alicyclic amines) is 1. The number of H-pyrrole nitrogens is 1. The number of hydrogen-bond donors (Lipinski definition) is 1. The number of amides is 3. The molecule has 3 amide bonds. The molecule has 2 fully saturated rings. The maximum atomic E-state index is 15.0. The van der Waals surface area contributed by atoms with Gasteiger partial charge in [0.1, 0.15) is 23.3 Å². The van der Waals surface area contributed by atoms with E-state index in [1.807, 2.05) is 12.2 Å². The average molecular weight is 561 g/mol. The molecule has 2 aliphatic heterocycles. The summed E-state index contributed by atoms with van der Waals surface area (Å²) in [6, 6.07) is 5.01. The molecular weight excluding hydrogens is 534 g/mol. The van der Waals surface area contributed by atoms with Gasteiger partial charge in [-0.3, -0.25) is 24.2 Å². The third-order valence-electron chi connectivity index (χ3n) is 8.56. The highest BCUT2D eigenvalue weighted by Gasteiger charge is 2.62. The number of imide groups is 1. The van der Waals surface area contributed by atoms with Gasteiger partial charge in [-0.1, -0.05) is 24.3 Å². The van der Waals surface area contributed by atoms with Gasteiger partial charge in [-0.25, -0.2) is 18.7 Å². The normalized spacial score (nSPS) is 28.1. The number of carbonyl (C=O) groups is 3. The van der Waals surface area contributed by atoms with Crippen molar-refractivity contribution in [3.05, 3.63) is 81.8 Å². The lowest BCUT2D eigenvalue weighted by Crippen LogP contribution is -2.50. The summed E-state index contributed by atoms with van der Waals surface area (Å²) in [5.41, 5.74) is -1.19. The molecule has 1 N–H and O–H groups in total. The molecule has 2 aliphatic carbocycles. The zero-order chi connectivity index (χ0) is 29.0. The van der Waals surface area contributed by atoms with Gasteiger partial charge in [0, 0.05) is 5.39 Å². The molecule has 1 aromatic heterocycles. The standard InChI is InChI=1S/C30H26F2N4O5/c1-30(2,3)41-29(40)35-19-12-17(32)11-18-22(19)23(33-34-26(18)37)25(24(35)13-6-8-16(31)9-7-13)36-27(38)20-14-4-5-15(10-14)21(20)28(36)39/h4-9,11-12,14-15,20-21,24-25H,10H2,1-3H3,(H,34,37). The van der Waals surface area contributed by atoms with E-state index in [2.05, 4.69) is 10.2 Å². The van der Waals surface area contributed by atoms with E-state index in [-0.39, 0.29) is 34.0 Å². The fraction of sp³-hybridized carbons (Fsp3) is 0.367. The van der Waals surface area contributed by atoms with Crippen LogP contribution in [0.4, 0.5) is 19.3 Å². The Morgan fingerprint density at radius 3 is 2.20 bits per heavy atom. The number of nitrogens with zero attached hydrogens (tertiary/aromatic N) is 3. The molecule has 41 heavy (non-hydrogen) atoms. The number of aromatic amines is 1. The summed E-state index contributed by atoms with van der Waals surface area (Å²) in [6.45, 7) is 4.99. The molecule has 0 radical (unpaired) electrons. The number of aromatic nitrogens is 2. The topological polar surface area (TPSA) is 113 Å². The van der Waals surface area contributed by atoms with Crippen LogP contribution in [-0.4, -0.2) is 38.6 Å². The third kappa shape index (κ3) is 3.67. The zero-order valence-electron chi connectivity index (χ0n) is 22.4. The summed E-state index contributed by atoms with van der Waals surface area (Å²) in [6.07, 6.45) is 3.77. The first-order valence-corrected chi connectivity index (χ1v) is 13.5. The van der Waals surface area contributed by atoms with Crippen molar-refractivity contribution in [3.63, 3.8) is 0 Å². The summed E-state index contributed by atoms with van der Waals surface area (Å²) >= 11 is 0. The number of allylic oxidation sites excluding steroid dienone is 2.